The smallest absolute Gasteiger partial charge is 0.331 e. The summed E-state index contributed by atoms with van der Waals surface area (Å²) in [5.74, 6) is -0.0541. The monoisotopic (exact) mass is 467 g/mol. The summed E-state index contributed by atoms with van der Waals surface area (Å²) in [6.45, 7) is 12.3. The Hall–Kier alpha value is -2.37. The second-order valence-corrected chi connectivity index (χ2v) is 12.3. The van der Waals surface area contributed by atoms with Gasteiger partial charge in [0.15, 0.2) is 0 Å². The van der Waals surface area contributed by atoms with Crippen LogP contribution in [0.15, 0.2) is 30.1 Å². The topological polar surface area (TPSA) is 85.5 Å². The molecular weight excluding hydrogens is 430 g/mol. The molecule has 6 nitrogen and oxygen atoms in total. The minimum Gasteiger partial charge on any atom is -0.462 e. The molecule has 6 heteroatoms. The molecule has 2 unspecified atom stereocenters. The molecule has 1 aliphatic heterocycles. The van der Waals surface area contributed by atoms with E-state index in [4.69, 9.17) is 9.47 Å². The molecule has 5 rings (SSSR count). The summed E-state index contributed by atoms with van der Waals surface area (Å²) in [6, 6.07) is 1.97. The summed E-state index contributed by atoms with van der Waals surface area (Å²) in [5, 5.41) is 0. The standard InChI is InChI=1S/C28H37NO5/c1-16(30)33-22-13-19-25(2,3)21(31)8-11-26(19,4)18-7-10-27(5)20(28(18,22)6)14-23(32)34-24(27)17-9-12-29-15-17/h9,12,14-15,18-19,22,24,29H,7-8,10-11,13H2,1-6H3/t18?,19?,22-,24+,26-,27-,28-/m1/s1. The molecule has 1 aromatic rings. The normalized spacial score (nSPS) is 43.1. The third-order valence-corrected chi connectivity index (χ3v) is 10.4. The Balaban J connectivity index is 1.68. The minimum absolute atomic E-state index is 0.0874. The van der Waals surface area contributed by atoms with Gasteiger partial charge in [0, 0.05) is 53.6 Å². The third kappa shape index (κ3) is 2.96. The van der Waals surface area contributed by atoms with Crippen LogP contribution in [-0.4, -0.2) is 28.8 Å². The van der Waals surface area contributed by atoms with Gasteiger partial charge in [-0.3, -0.25) is 9.59 Å². The maximum Gasteiger partial charge on any atom is 0.331 e. The van der Waals surface area contributed by atoms with Gasteiger partial charge in [-0.2, -0.15) is 0 Å². The van der Waals surface area contributed by atoms with Crippen LogP contribution in [-0.2, 0) is 23.9 Å². The van der Waals surface area contributed by atoms with E-state index in [1.807, 2.05) is 18.5 Å². The van der Waals surface area contributed by atoms with Gasteiger partial charge in [-0.1, -0.05) is 34.6 Å². The molecular formula is C28H37NO5. The second kappa shape index (κ2) is 7.32. The van der Waals surface area contributed by atoms with Crippen molar-refractivity contribution in [3.05, 3.63) is 35.7 Å². The maximum atomic E-state index is 13.0. The summed E-state index contributed by atoms with van der Waals surface area (Å²) in [7, 11) is 0. The van der Waals surface area contributed by atoms with Crippen molar-refractivity contribution in [3.63, 3.8) is 0 Å². The van der Waals surface area contributed by atoms with E-state index in [1.54, 1.807) is 6.08 Å². The first-order chi connectivity index (χ1) is 15.8. The molecule has 1 N–H and O–H groups in total. The molecule has 3 saturated carbocycles. The highest BCUT2D eigenvalue weighted by Crippen LogP contribution is 2.72. The maximum absolute atomic E-state index is 13.0. The number of aromatic amines is 1. The molecule has 2 heterocycles. The fraction of sp³-hybridized carbons (Fsp3) is 0.679. The molecule has 0 saturated heterocycles. The summed E-state index contributed by atoms with van der Waals surface area (Å²) in [4.78, 5) is 41.4. The number of carbonyl (C=O) groups is 3. The Bertz CT molecular complexity index is 1070. The lowest BCUT2D eigenvalue weighted by Gasteiger charge is -2.68. The van der Waals surface area contributed by atoms with Crippen LogP contribution in [0, 0.1) is 33.5 Å². The van der Waals surface area contributed by atoms with Crippen molar-refractivity contribution in [2.24, 2.45) is 33.5 Å². The minimum atomic E-state index is -0.519. The number of H-pyrrole nitrogens is 1. The quantitative estimate of drug-likeness (QED) is 0.596. The van der Waals surface area contributed by atoms with E-state index >= 15 is 0 Å². The van der Waals surface area contributed by atoms with Gasteiger partial charge >= 0.3 is 11.9 Å². The molecule has 3 aliphatic carbocycles. The summed E-state index contributed by atoms with van der Waals surface area (Å²) in [5.41, 5.74) is 0.519. The molecule has 0 amide bonds. The van der Waals surface area contributed by atoms with E-state index in [0.29, 0.717) is 18.6 Å². The zero-order valence-corrected chi connectivity index (χ0v) is 21.2. The van der Waals surface area contributed by atoms with Gasteiger partial charge in [0.25, 0.3) is 0 Å². The number of ether oxygens (including phenoxy) is 2. The molecule has 0 aromatic carbocycles. The Morgan fingerprint density at radius 1 is 1.12 bits per heavy atom. The van der Waals surface area contributed by atoms with Crippen molar-refractivity contribution >= 4 is 17.7 Å². The zero-order valence-electron chi connectivity index (χ0n) is 21.2. The third-order valence-electron chi connectivity index (χ3n) is 10.4. The summed E-state index contributed by atoms with van der Waals surface area (Å²) in [6.07, 6.45) is 8.48. The lowest BCUT2D eigenvalue weighted by Crippen LogP contribution is -2.66. The molecule has 184 valence electrons. The lowest BCUT2D eigenvalue weighted by molar-refractivity contribution is -0.210. The fourth-order valence-electron chi connectivity index (χ4n) is 8.73. The number of ketones is 1. The number of carbonyl (C=O) groups excluding carboxylic acids is 3. The highest BCUT2D eigenvalue weighted by Gasteiger charge is 2.69. The van der Waals surface area contributed by atoms with E-state index in [-0.39, 0.29) is 29.2 Å². The summed E-state index contributed by atoms with van der Waals surface area (Å²) >= 11 is 0. The van der Waals surface area contributed by atoms with E-state index in [2.05, 4.69) is 39.6 Å². The van der Waals surface area contributed by atoms with Crippen LogP contribution in [0.1, 0.15) is 85.3 Å². The van der Waals surface area contributed by atoms with Crippen LogP contribution in [0.5, 0.6) is 0 Å². The van der Waals surface area contributed by atoms with Crippen molar-refractivity contribution < 1.29 is 23.9 Å². The van der Waals surface area contributed by atoms with E-state index in [9.17, 15) is 14.4 Å². The van der Waals surface area contributed by atoms with Gasteiger partial charge in [0.1, 0.15) is 18.0 Å². The molecule has 0 radical (unpaired) electrons. The van der Waals surface area contributed by atoms with Crippen molar-refractivity contribution in [1.82, 2.24) is 4.98 Å². The first-order valence-corrected chi connectivity index (χ1v) is 12.6. The van der Waals surface area contributed by atoms with Crippen LogP contribution in [0.25, 0.3) is 0 Å². The van der Waals surface area contributed by atoms with Crippen LogP contribution < -0.4 is 0 Å². The number of hydrogen-bond donors (Lipinski definition) is 1. The van der Waals surface area contributed by atoms with Gasteiger partial charge in [-0.15, -0.1) is 0 Å². The van der Waals surface area contributed by atoms with Crippen LogP contribution >= 0.6 is 0 Å². The van der Waals surface area contributed by atoms with Crippen LogP contribution in [0.2, 0.25) is 0 Å². The Labute approximate surface area is 201 Å². The van der Waals surface area contributed by atoms with Crippen molar-refractivity contribution in [2.75, 3.05) is 0 Å². The Kier molecular flexibility index (Phi) is 5.03. The number of fused-ring (bicyclic) bond motifs is 5. The van der Waals surface area contributed by atoms with E-state index in [0.717, 1.165) is 30.4 Å². The largest absolute Gasteiger partial charge is 0.462 e. The van der Waals surface area contributed by atoms with Crippen LogP contribution in [0.3, 0.4) is 0 Å². The number of rotatable bonds is 2. The van der Waals surface area contributed by atoms with Crippen molar-refractivity contribution in [1.29, 1.82) is 0 Å². The SMILES string of the molecule is CC(=O)O[C@@H]1CC2C(C)(C)C(=O)CC[C@]2(C)C2CC[C@]3(C)C(=CC(=O)O[C@H]3c3cc[nH]c3)[C@@]21C. The van der Waals surface area contributed by atoms with Crippen molar-refractivity contribution in [2.45, 2.75) is 85.9 Å². The predicted molar refractivity (Wildman–Crippen MR) is 126 cm³/mol. The first kappa shape index (κ1) is 23.4. The number of Topliss-reactive ketones (excluding diaryl/α,β-unsaturated/α-hetero) is 1. The average molecular weight is 468 g/mol. The van der Waals surface area contributed by atoms with E-state index < -0.39 is 28.5 Å². The van der Waals surface area contributed by atoms with Crippen molar-refractivity contribution in [3.8, 4) is 0 Å². The molecule has 3 fully saturated rings. The molecule has 1 aromatic heterocycles. The zero-order chi connectivity index (χ0) is 24.7. The number of esters is 2. The second-order valence-electron chi connectivity index (χ2n) is 12.3. The number of aromatic nitrogens is 1. The van der Waals surface area contributed by atoms with Crippen LogP contribution in [0.4, 0.5) is 0 Å². The highest BCUT2D eigenvalue weighted by molar-refractivity contribution is 5.86. The lowest BCUT2D eigenvalue weighted by atomic mass is 9.37. The van der Waals surface area contributed by atoms with Gasteiger partial charge in [0.05, 0.1) is 0 Å². The molecule has 4 aliphatic rings. The van der Waals surface area contributed by atoms with Gasteiger partial charge in [-0.05, 0) is 54.6 Å². The predicted octanol–water partition coefficient (Wildman–Crippen LogP) is 5.31. The first-order valence-electron chi connectivity index (χ1n) is 12.6. The average Bonchev–Trinajstić information content (AvgIpc) is 3.28. The fourth-order valence-corrected chi connectivity index (χ4v) is 8.73. The molecule has 0 bridgehead atoms. The van der Waals surface area contributed by atoms with Gasteiger partial charge < -0.3 is 14.5 Å². The Morgan fingerprint density at radius 2 is 1.85 bits per heavy atom. The number of nitrogens with one attached hydrogen (secondary N) is 1. The van der Waals surface area contributed by atoms with E-state index in [1.165, 1.54) is 6.92 Å². The molecule has 7 atom stereocenters. The van der Waals surface area contributed by atoms with Gasteiger partial charge in [-0.25, -0.2) is 4.79 Å². The number of hydrogen-bond acceptors (Lipinski definition) is 5. The molecule has 34 heavy (non-hydrogen) atoms. The number of cyclic esters (lactones) is 1. The summed E-state index contributed by atoms with van der Waals surface area (Å²) < 4.78 is 12.0. The highest BCUT2D eigenvalue weighted by atomic mass is 16.5. The Morgan fingerprint density at radius 3 is 2.50 bits per heavy atom. The molecule has 0 spiro atoms. The van der Waals surface area contributed by atoms with Gasteiger partial charge in [0.2, 0.25) is 0 Å².